The Balaban J connectivity index is 1.42. The van der Waals surface area contributed by atoms with Crippen LogP contribution in [0.1, 0.15) is 61.8 Å². The molecule has 4 heterocycles. The summed E-state index contributed by atoms with van der Waals surface area (Å²) < 4.78 is 117. The lowest BCUT2D eigenvalue weighted by atomic mass is 10.0. The number of carbonyl (C=O) groups is 1. The molecule has 1 aliphatic carbocycles. The van der Waals surface area contributed by atoms with Crippen LogP contribution in [-0.4, -0.2) is 60.9 Å². The van der Waals surface area contributed by atoms with Gasteiger partial charge in [-0.2, -0.15) is 23.4 Å². The summed E-state index contributed by atoms with van der Waals surface area (Å²) in [4.78, 5) is 39.0. The van der Waals surface area contributed by atoms with Crippen molar-refractivity contribution >= 4 is 55.3 Å². The van der Waals surface area contributed by atoms with E-state index in [4.69, 9.17) is 16.6 Å². The van der Waals surface area contributed by atoms with E-state index in [9.17, 15) is 35.2 Å². The zero-order valence-corrected chi connectivity index (χ0v) is 35.0. The molecule has 13 nitrogen and oxygen atoms in total. The number of sulfonamides is 1. The summed E-state index contributed by atoms with van der Waals surface area (Å²) in [6.45, 7) is 1.76. The second-order valence-electron chi connectivity index (χ2n) is 15.7. The number of fused-ring (bicyclic) bond motifs is 2. The summed E-state index contributed by atoms with van der Waals surface area (Å²) in [5.74, 6) is -4.42. The molecule has 1 aliphatic rings. The first-order chi connectivity index (χ1) is 29.7. The number of nitrogens with one attached hydrogen (secondary N) is 2. The van der Waals surface area contributed by atoms with Crippen molar-refractivity contribution in [2.75, 3.05) is 11.0 Å². The fourth-order valence-corrected chi connectivity index (χ4v) is 8.34. The molecule has 8 rings (SSSR count). The number of amides is 1. The van der Waals surface area contributed by atoms with Crippen LogP contribution in [0, 0.1) is 23.4 Å². The van der Waals surface area contributed by atoms with E-state index in [1.54, 1.807) is 32.2 Å². The largest absolute Gasteiger partial charge is 0.408 e. The van der Waals surface area contributed by atoms with E-state index in [2.05, 4.69) is 25.2 Å². The van der Waals surface area contributed by atoms with E-state index in [1.807, 2.05) is 0 Å². The highest BCUT2D eigenvalue weighted by atomic mass is 35.5. The SMILES string of the molecule is CC(C)[C@@H](C(=O)N[C@@H](Cc1cc(F)cc(F)c1)c1nc2nc(-c3ccccc3F)ccc2c(=O)n1-c1ccc(Cl)c2c(NS(C)(=O)=O)nn(CC(F)(F)F)c12)n1ccc(C2CC2)n1. The maximum Gasteiger partial charge on any atom is 0.408 e. The number of benzene rings is 3. The number of alkyl halides is 3. The molecule has 1 saturated carbocycles. The number of hydrogen-bond donors (Lipinski definition) is 2. The summed E-state index contributed by atoms with van der Waals surface area (Å²) >= 11 is 6.56. The predicted molar refractivity (Wildman–Crippen MR) is 222 cm³/mol. The first-order valence-corrected chi connectivity index (χ1v) is 21.7. The van der Waals surface area contributed by atoms with Gasteiger partial charge in [-0.1, -0.05) is 37.6 Å². The van der Waals surface area contributed by atoms with E-state index >= 15 is 9.18 Å². The molecule has 2 N–H and O–H groups in total. The Hall–Kier alpha value is -6.28. The fraction of sp³-hybridized carbons (Fsp3) is 0.286. The zero-order chi connectivity index (χ0) is 45.1. The van der Waals surface area contributed by atoms with Crippen molar-refractivity contribution < 1.29 is 39.6 Å². The lowest BCUT2D eigenvalue weighted by Gasteiger charge is -2.27. The van der Waals surface area contributed by atoms with E-state index in [0.29, 0.717) is 10.7 Å². The molecule has 1 fully saturated rings. The molecule has 0 unspecified atom stereocenters. The van der Waals surface area contributed by atoms with Gasteiger partial charge in [0.15, 0.2) is 11.5 Å². The van der Waals surface area contributed by atoms with Crippen molar-refractivity contribution in [1.29, 1.82) is 0 Å². The monoisotopic (exact) mass is 911 g/mol. The maximum absolute atomic E-state index is 15.1. The molecule has 63 heavy (non-hydrogen) atoms. The molecule has 0 aliphatic heterocycles. The van der Waals surface area contributed by atoms with Crippen LogP contribution in [0.5, 0.6) is 0 Å². The van der Waals surface area contributed by atoms with Crippen LogP contribution < -0.4 is 15.6 Å². The molecule has 0 saturated heterocycles. The Bertz CT molecular complexity index is 3090. The molecule has 0 bridgehead atoms. The normalized spacial score (nSPS) is 14.4. The van der Waals surface area contributed by atoms with Gasteiger partial charge in [-0.15, -0.1) is 0 Å². The number of pyridine rings is 1. The van der Waals surface area contributed by atoms with Gasteiger partial charge in [0.2, 0.25) is 15.9 Å². The van der Waals surface area contributed by atoms with Crippen molar-refractivity contribution in [3.63, 3.8) is 0 Å². The Morgan fingerprint density at radius 3 is 2.32 bits per heavy atom. The highest BCUT2D eigenvalue weighted by Gasteiger charge is 2.35. The van der Waals surface area contributed by atoms with Gasteiger partial charge < -0.3 is 5.32 Å². The smallest absolute Gasteiger partial charge is 0.344 e. The van der Waals surface area contributed by atoms with Gasteiger partial charge >= 0.3 is 6.18 Å². The number of aromatic nitrogens is 7. The second-order valence-corrected chi connectivity index (χ2v) is 17.8. The molecule has 3 aromatic carbocycles. The molecule has 21 heteroatoms. The molecule has 1 amide bonds. The van der Waals surface area contributed by atoms with E-state index in [-0.39, 0.29) is 49.9 Å². The van der Waals surface area contributed by atoms with Gasteiger partial charge in [-0.05, 0) is 78.9 Å². The third kappa shape index (κ3) is 9.13. The number of hydrogen-bond acceptors (Lipinski definition) is 8. The molecular weight excluding hydrogens is 876 g/mol. The lowest BCUT2D eigenvalue weighted by molar-refractivity contribution is -0.141. The minimum Gasteiger partial charge on any atom is -0.344 e. The van der Waals surface area contributed by atoms with Gasteiger partial charge in [-0.3, -0.25) is 28.2 Å². The third-order valence-corrected chi connectivity index (χ3v) is 11.3. The van der Waals surface area contributed by atoms with Crippen LogP contribution in [0.2, 0.25) is 5.02 Å². The van der Waals surface area contributed by atoms with Gasteiger partial charge in [-0.25, -0.2) is 31.6 Å². The van der Waals surface area contributed by atoms with E-state index in [1.165, 1.54) is 47.1 Å². The Labute approximate surface area is 359 Å². The van der Waals surface area contributed by atoms with Crippen molar-refractivity contribution in [3.8, 4) is 16.9 Å². The second kappa shape index (κ2) is 16.4. The molecule has 2 atom stereocenters. The Morgan fingerprint density at radius 2 is 1.67 bits per heavy atom. The molecule has 4 aromatic heterocycles. The summed E-state index contributed by atoms with van der Waals surface area (Å²) in [6, 6.07) is 12.6. The standard InChI is InChI=1S/C42H36ClF6N9O4S/c1-21(2)35(56-15-14-30(53-56)23-8-9-23)40(59)51-32(18-22-16-24(44)19-25(45)17-22)39-52-37-27(10-12-31(50-37)26-6-4-5-7-29(26)46)41(60)58(39)33-13-11-28(43)34-36(33)57(20-42(47,48)49)54-38(34)55-63(3,61)62/h4-7,10-17,19,21,23,32,35H,8-9,18,20H2,1-3H3,(H,51,59)(H,54,55)/t32-,35-/m0/s1. The molecular formula is C42H36ClF6N9O4S. The summed E-state index contributed by atoms with van der Waals surface area (Å²) in [6.07, 6.45) is -1.12. The van der Waals surface area contributed by atoms with Gasteiger partial charge in [0.1, 0.15) is 35.9 Å². The molecule has 7 aromatic rings. The average molecular weight is 912 g/mol. The summed E-state index contributed by atoms with van der Waals surface area (Å²) in [7, 11) is -4.17. The van der Waals surface area contributed by atoms with Crippen LogP contribution in [0.4, 0.5) is 32.2 Å². The third-order valence-electron chi connectivity index (χ3n) is 10.4. The molecule has 0 spiro atoms. The molecule has 328 valence electrons. The fourth-order valence-electron chi connectivity index (χ4n) is 7.60. The van der Waals surface area contributed by atoms with Crippen LogP contribution in [0.25, 0.3) is 38.9 Å². The summed E-state index contributed by atoms with van der Waals surface area (Å²) in [5.41, 5.74) is -1.23. The molecule has 0 radical (unpaired) electrons. The van der Waals surface area contributed by atoms with E-state index in [0.717, 1.165) is 41.5 Å². The van der Waals surface area contributed by atoms with Gasteiger partial charge in [0.05, 0.1) is 50.7 Å². The van der Waals surface area contributed by atoms with Crippen LogP contribution in [-0.2, 0) is 27.8 Å². The Morgan fingerprint density at radius 1 is 0.952 bits per heavy atom. The number of rotatable bonds is 13. The maximum atomic E-state index is 15.1. The lowest BCUT2D eigenvalue weighted by Crippen LogP contribution is -2.41. The quantitative estimate of drug-likeness (QED) is 0.110. The Kier molecular flexibility index (Phi) is 11.3. The van der Waals surface area contributed by atoms with Gasteiger partial charge in [0.25, 0.3) is 5.56 Å². The predicted octanol–water partition coefficient (Wildman–Crippen LogP) is 8.17. The van der Waals surface area contributed by atoms with Crippen molar-refractivity contribution in [1.82, 2.24) is 39.4 Å². The van der Waals surface area contributed by atoms with Crippen molar-refractivity contribution in [2.24, 2.45) is 5.92 Å². The average Bonchev–Trinajstić information content (AvgIpc) is 3.83. The zero-order valence-electron chi connectivity index (χ0n) is 33.5. The first-order valence-electron chi connectivity index (χ1n) is 19.5. The number of nitrogens with zero attached hydrogens (tertiary/aromatic N) is 7. The van der Waals surface area contributed by atoms with E-state index < -0.39 is 93.2 Å². The topological polar surface area (TPSA) is 159 Å². The minimum atomic E-state index is -4.95. The highest BCUT2D eigenvalue weighted by molar-refractivity contribution is 7.92. The highest BCUT2D eigenvalue weighted by Crippen LogP contribution is 2.40. The van der Waals surface area contributed by atoms with Crippen molar-refractivity contribution in [3.05, 3.63) is 129 Å². The summed E-state index contributed by atoms with van der Waals surface area (Å²) in [5, 5.41) is 10.7. The van der Waals surface area contributed by atoms with Gasteiger partial charge in [0, 0.05) is 30.2 Å². The van der Waals surface area contributed by atoms with Crippen LogP contribution in [0.3, 0.4) is 0 Å². The number of anilines is 1. The first kappa shape index (κ1) is 43.4. The van der Waals surface area contributed by atoms with Crippen LogP contribution in [0.15, 0.2) is 83.8 Å². The van der Waals surface area contributed by atoms with Crippen molar-refractivity contribution in [2.45, 2.75) is 63.8 Å². The number of halogens is 7. The number of carbonyl (C=O) groups excluding carboxylic acids is 1. The minimum absolute atomic E-state index is 0.0222. The van der Waals surface area contributed by atoms with Crippen LogP contribution >= 0.6 is 11.6 Å².